The van der Waals surface area contributed by atoms with Gasteiger partial charge in [0.25, 0.3) is 0 Å². The van der Waals surface area contributed by atoms with E-state index in [4.69, 9.17) is 5.73 Å². The second kappa shape index (κ2) is 2.35. The van der Waals surface area contributed by atoms with Crippen LogP contribution in [0, 0.1) is 0 Å². The van der Waals surface area contributed by atoms with Gasteiger partial charge >= 0.3 is 0 Å². The van der Waals surface area contributed by atoms with Gasteiger partial charge in [-0.1, -0.05) is 30.4 Å². The fourth-order valence-electron chi connectivity index (χ4n) is 3.13. The van der Waals surface area contributed by atoms with Gasteiger partial charge in [0.1, 0.15) is 0 Å². The van der Waals surface area contributed by atoms with Gasteiger partial charge in [0.15, 0.2) is 0 Å². The maximum Gasteiger partial charge on any atom is 0.0411 e. The van der Waals surface area contributed by atoms with Gasteiger partial charge in [-0.05, 0) is 36.0 Å². The summed E-state index contributed by atoms with van der Waals surface area (Å²) in [7, 11) is 0. The van der Waals surface area contributed by atoms with E-state index in [1.54, 1.807) is 11.1 Å². The number of rotatable bonds is 1. The molecule has 1 aromatic carbocycles. The van der Waals surface area contributed by atoms with Crippen molar-refractivity contribution >= 4 is 0 Å². The fourth-order valence-corrected chi connectivity index (χ4v) is 3.13. The predicted molar refractivity (Wildman–Crippen MR) is 60.8 cm³/mol. The van der Waals surface area contributed by atoms with Gasteiger partial charge < -0.3 is 5.73 Å². The highest BCUT2D eigenvalue weighted by Gasteiger charge is 2.41. The molecule has 1 saturated carbocycles. The van der Waals surface area contributed by atoms with Gasteiger partial charge in [0.05, 0.1) is 0 Å². The van der Waals surface area contributed by atoms with Crippen molar-refractivity contribution in [1.82, 2.24) is 0 Å². The second-order valence-corrected chi connectivity index (χ2v) is 5.33. The first-order valence-corrected chi connectivity index (χ1v) is 5.88. The van der Waals surface area contributed by atoms with Gasteiger partial charge in [-0.2, -0.15) is 0 Å². The average molecular weight is 197 g/mol. The summed E-state index contributed by atoms with van der Waals surface area (Å²) in [5.41, 5.74) is 10.7. The molecule has 0 saturated heterocycles. The van der Waals surface area contributed by atoms with E-state index in [-0.39, 0.29) is 5.54 Å². The molecular weight excluding hydrogens is 182 g/mol. The molecule has 1 aromatic rings. The maximum atomic E-state index is 6.24. The number of benzene rings is 1. The Morgan fingerprint density at radius 1 is 1.07 bits per heavy atom. The lowest BCUT2D eigenvalue weighted by Gasteiger charge is -2.15. The van der Waals surface area contributed by atoms with Crippen LogP contribution in [0.2, 0.25) is 0 Å². The van der Waals surface area contributed by atoms with Crippen molar-refractivity contribution < 1.29 is 0 Å². The van der Waals surface area contributed by atoms with Crippen LogP contribution < -0.4 is 5.73 Å². The number of nitrogens with two attached hydrogens (primary N) is 1. The van der Waals surface area contributed by atoms with Gasteiger partial charge in [-0.25, -0.2) is 0 Å². The predicted octanol–water partition coefficient (Wildman–Crippen LogP) is 2.78. The van der Waals surface area contributed by atoms with E-state index in [0.717, 1.165) is 12.8 Å². The summed E-state index contributed by atoms with van der Waals surface area (Å²) in [4.78, 5) is 0. The summed E-state index contributed by atoms with van der Waals surface area (Å²) in [6.07, 6.45) is 8.36. The topological polar surface area (TPSA) is 26.0 Å². The molecule has 1 nitrogen and oxygen atoms in total. The van der Waals surface area contributed by atoms with E-state index in [1.807, 2.05) is 0 Å². The van der Waals surface area contributed by atoms with Crippen molar-refractivity contribution in [3.63, 3.8) is 0 Å². The molecule has 3 aliphatic carbocycles. The highest BCUT2D eigenvalue weighted by molar-refractivity contribution is 5.50. The van der Waals surface area contributed by atoms with E-state index in [9.17, 15) is 0 Å². The lowest BCUT2D eigenvalue weighted by Crippen LogP contribution is -2.19. The molecule has 2 bridgehead atoms. The van der Waals surface area contributed by atoms with Crippen molar-refractivity contribution in [3.05, 3.63) is 47.0 Å². The van der Waals surface area contributed by atoms with Crippen LogP contribution in [0.15, 0.2) is 30.4 Å². The van der Waals surface area contributed by atoms with E-state index >= 15 is 0 Å². The first-order valence-electron chi connectivity index (χ1n) is 5.88. The molecule has 0 aromatic heterocycles. The molecule has 2 unspecified atom stereocenters. The van der Waals surface area contributed by atoms with Crippen LogP contribution in [0.5, 0.6) is 0 Å². The second-order valence-electron chi connectivity index (χ2n) is 5.33. The third kappa shape index (κ3) is 0.967. The molecule has 3 aliphatic rings. The zero-order chi connectivity index (χ0) is 10.0. The lowest BCUT2D eigenvalue weighted by molar-refractivity contribution is 0.737. The minimum atomic E-state index is 0.0284. The Morgan fingerprint density at radius 3 is 2.53 bits per heavy atom. The Morgan fingerprint density at radius 2 is 1.80 bits per heavy atom. The van der Waals surface area contributed by atoms with Crippen molar-refractivity contribution in [2.24, 2.45) is 5.73 Å². The molecule has 1 heteroatoms. The Kier molecular flexibility index (Phi) is 1.27. The summed E-state index contributed by atoms with van der Waals surface area (Å²) in [5.74, 6) is 1.39. The quantitative estimate of drug-likeness (QED) is 0.688. The highest BCUT2D eigenvalue weighted by atomic mass is 14.8. The number of hydrogen-bond donors (Lipinski definition) is 1. The molecular formula is C14H15N. The van der Waals surface area contributed by atoms with Crippen molar-refractivity contribution in [3.8, 4) is 0 Å². The largest absolute Gasteiger partial charge is 0.321 e. The minimum absolute atomic E-state index is 0.0284. The molecule has 0 heterocycles. The van der Waals surface area contributed by atoms with Crippen LogP contribution in [0.3, 0.4) is 0 Å². The number of fused-ring (bicyclic) bond motifs is 5. The summed E-state index contributed by atoms with van der Waals surface area (Å²) < 4.78 is 0. The van der Waals surface area contributed by atoms with Gasteiger partial charge in [0, 0.05) is 17.4 Å². The van der Waals surface area contributed by atoms with Crippen molar-refractivity contribution in [1.29, 1.82) is 0 Å². The van der Waals surface area contributed by atoms with Crippen LogP contribution in [-0.2, 0) is 5.54 Å². The van der Waals surface area contributed by atoms with Crippen LogP contribution in [-0.4, -0.2) is 0 Å². The summed E-state index contributed by atoms with van der Waals surface area (Å²) in [5, 5.41) is 0. The van der Waals surface area contributed by atoms with Gasteiger partial charge in [-0.3, -0.25) is 0 Å². The highest BCUT2D eigenvalue weighted by Crippen LogP contribution is 2.51. The molecule has 4 rings (SSSR count). The zero-order valence-corrected chi connectivity index (χ0v) is 8.74. The molecule has 2 atom stereocenters. The van der Waals surface area contributed by atoms with Crippen LogP contribution in [0.25, 0.3) is 0 Å². The van der Waals surface area contributed by atoms with E-state index < -0.39 is 0 Å². The molecule has 2 N–H and O–H groups in total. The maximum absolute atomic E-state index is 6.24. The van der Waals surface area contributed by atoms with Crippen molar-refractivity contribution in [2.45, 2.75) is 36.6 Å². The van der Waals surface area contributed by atoms with E-state index in [1.165, 1.54) is 12.0 Å². The monoisotopic (exact) mass is 197 g/mol. The molecule has 0 amide bonds. The van der Waals surface area contributed by atoms with Gasteiger partial charge in [-0.15, -0.1) is 0 Å². The molecule has 15 heavy (non-hydrogen) atoms. The van der Waals surface area contributed by atoms with Crippen LogP contribution in [0.1, 0.15) is 47.8 Å². The molecule has 0 radical (unpaired) electrons. The van der Waals surface area contributed by atoms with Crippen LogP contribution >= 0.6 is 0 Å². The van der Waals surface area contributed by atoms with E-state index in [2.05, 4.69) is 30.4 Å². The Balaban J connectivity index is 1.86. The van der Waals surface area contributed by atoms with Crippen LogP contribution in [0.4, 0.5) is 0 Å². The summed E-state index contributed by atoms with van der Waals surface area (Å²) in [6.45, 7) is 0. The summed E-state index contributed by atoms with van der Waals surface area (Å²) >= 11 is 0. The van der Waals surface area contributed by atoms with Gasteiger partial charge in [0.2, 0.25) is 0 Å². The lowest BCUT2D eigenvalue weighted by atomic mass is 9.92. The molecule has 0 aliphatic heterocycles. The normalized spacial score (nSPS) is 33.1. The first-order chi connectivity index (χ1) is 7.26. The third-order valence-corrected chi connectivity index (χ3v) is 4.33. The SMILES string of the molecule is NC1(c2ccc3c(c2)C2C=CC3C2)CC1. The van der Waals surface area contributed by atoms with Crippen molar-refractivity contribution in [2.75, 3.05) is 0 Å². The fraction of sp³-hybridized carbons (Fsp3) is 0.429. The molecule has 1 fully saturated rings. The standard InChI is InChI=1S/C14H15N/c15-14(5-6-14)11-3-4-12-9-1-2-10(7-9)13(12)8-11/h1-4,8-10H,5-7,15H2. The molecule has 76 valence electrons. The van der Waals surface area contributed by atoms with E-state index in [0.29, 0.717) is 11.8 Å². The smallest absolute Gasteiger partial charge is 0.0411 e. The number of hydrogen-bond acceptors (Lipinski definition) is 1. The average Bonchev–Trinajstić information content (AvgIpc) is 2.78. The molecule has 0 spiro atoms. The Hall–Kier alpha value is -1.08. The Labute approximate surface area is 90.0 Å². The first kappa shape index (κ1) is 8.12. The Bertz CT molecular complexity index is 468. The minimum Gasteiger partial charge on any atom is -0.321 e. The summed E-state index contributed by atoms with van der Waals surface area (Å²) in [6, 6.07) is 6.93. The zero-order valence-electron chi connectivity index (χ0n) is 8.74. The number of allylic oxidation sites excluding steroid dienone is 2. The third-order valence-electron chi connectivity index (χ3n) is 4.33.